The molecule has 0 saturated heterocycles. The third kappa shape index (κ3) is 2.70. The molecule has 0 aliphatic rings. The Balaban J connectivity index is 3.45. The highest BCUT2D eigenvalue weighted by Gasteiger charge is 2.18. The highest BCUT2D eigenvalue weighted by molar-refractivity contribution is 6.44. The SMILES string of the molecule is CC(C)Nc1c(Cl)c(Cl)nc(Cl)c1C(=O)[O-]. The summed E-state index contributed by atoms with van der Waals surface area (Å²) in [5, 5.41) is 13.5. The predicted molar refractivity (Wildman–Crippen MR) is 62.4 cm³/mol. The Bertz CT molecular complexity index is 435. The van der Waals surface area contributed by atoms with Gasteiger partial charge in [0.05, 0.1) is 17.2 Å². The maximum absolute atomic E-state index is 10.9. The van der Waals surface area contributed by atoms with E-state index in [1.807, 2.05) is 13.8 Å². The second kappa shape index (κ2) is 5.08. The van der Waals surface area contributed by atoms with Gasteiger partial charge in [0.15, 0.2) is 5.15 Å². The van der Waals surface area contributed by atoms with Crippen LogP contribution in [0.15, 0.2) is 0 Å². The van der Waals surface area contributed by atoms with Crippen LogP contribution in [0.2, 0.25) is 15.3 Å². The molecule has 0 aliphatic heterocycles. The summed E-state index contributed by atoms with van der Waals surface area (Å²) in [6, 6.07) is -0.0369. The van der Waals surface area contributed by atoms with Crippen LogP contribution in [0.4, 0.5) is 5.69 Å². The number of nitrogens with one attached hydrogen (secondary N) is 1. The fourth-order valence-electron chi connectivity index (χ4n) is 1.12. The van der Waals surface area contributed by atoms with E-state index in [4.69, 9.17) is 34.8 Å². The zero-order valence-electron chi connectivity index (χ0n) is 8.47. The highest BCUT2D eigenvalue weighted by Crippen LogP contribution is 2.35. The fourth-order valence-corrected chi connectivity index (χ4v) is 1.79. The number of pyridine rings is 1. The van der Waals surface area contributed by atoms with Gasteiger partial charge < -0.3 is 15.2 Å². The van der Waals surface area contributed by atoms with Crippen LogP contribution in [0.3, 0.4) is 0 Å². The van der Waals surface area contributed by atoms with Crippen molar-refractivity contribution in [3.8, 4) is 0 Å². The molecular weight excluding hydrogens is 274 g/mol. The van der Waals surface area contributed by atoms with Gasteiger partial charge in [-0.15, -0.1) is 0 Å². The van der Waals surface area contributed by atoms with E-state index < -0.39 is 5.97 Å². The van der Waals surface area contributed by atoms with Crippen LogP contribution in [0.5, 0.6) is 0 Å². The van der Waals surface area contributed by atoms with Crippen molar-refractivity contribution in [1.82, 2.24) is 4.98 Å². The first-order chi connectivity index (χ1) is 7.34. The van der Waals surface area contributed by atoms with Gasteiger partial charge in [-0.3, -0.25) is 0 Å². The quantitative estimate of drug-likeness (QED) is 0.863. The van der Waals surface area contributed by atoms with Crippen molar-refractivity contribution in [2.24, 2.45) is 0 Å². The summed E-state index contributed by atoms with van der Waals surface area (Å²) in [5.74, 6) is -1.46. The van der Waals surface area contributed by atoms with Crippen LogP contribution in [0, 0.1) is 0 Å². The topological polar surface area (TPSA) is 65.0 Å². The van der Waals surface area contributed by atoms with E-state index in [-0.39, 0.29) is 32.6 Å². The van der Waals surface area contributed by atoms with Gasteiger partial charge in [0, 0.05) is 6.04 Å². The average molecular weight is 283 g/mol. The highest BCUT2D eigenvalue weighted by atomic mass is 35.5. The van der Waals surface area contributed by atoms with E-state index in [0.29, 0.717) is 0 Å². The number of carboxylic acids is 1. The van der Waals surface area contributed by atoms with Crippen molar-refractivity contribution < 1.29 is 9.90 Å². The Hall–Kier alpha value is -0.710. The molecule has 0 fully saturated rings. The van der Waals surface area contributed by atoms with Crippen molar-refractivity contribution in [3.05, 3.63) is 20.9 Å². The largest absolute Gasteiger partial charge is 0.545 e. The number of rotatable bonds is 3. The van der Waals surface area contributed by atoms with E-state index in [1.165, 1.54) is 0 Å². The number of hydrogen-bond donors (Lipinski definition) is 1. The van der Waals surface area contributed by atoms with Crippen LogP contribution >= 0.6 is 34.8 Å². The van der Waals surface area contributed by atoms with Crippen molar-refractivity contribution in [1.29, 1.82) is 0 Å². The number of carbonyl (C=O) groups excluding carboxylic acids is 1. The summed E-state index contributed by atoms with van der Waals surface area (Å²) >= 11 is 17.2. The summed E-state index contributed by atoms with van der Waals surface area (Å²) < 4.78 is 0. The second-order valence-electron chi connectivity index (χ2n) is 3.34. The monoisotopic (exact) mass is 281 g/mol. The van der Waals surface area contributed by atoms with E-state index >= 15 is 0 Å². The molecule has 7 heteroatoms. The van der Waals surface area contributed by atoms with E-state index in [1.54, 1.807) is 0 Å². The zero-order valence-corrected chi connectivity index (χ0v) is 10.7. The van der Waals surface area contributed by atoms with E-state index in [0.717, 1.165) is 0 Å². The first-order valence-electron chi connectivity index (χ1n) is 4.37. The van der Waals surface area contributed by atoms with Crippen LogP contribution in [-0.4, -0.2) is 17.0 Å². The standard InChI is InChI=1S/C9H9Cl3N2O2/c1-3(2)13-6-4(9(15)16)7(11)14-8(12)5(6)10/h3H,1-2H3,(H,13,14)(H,15,16)/p-1. The van der Waals surface area contributed by atoms with E-state index in [2.05, 4.69) is 10.3 Å². The number of carboxylic acid groups (broad SMARTS) is 1. The summed E-state index contributed by atoms with van der Waals surface area (Å²) in [6.07, 6.45) is 0. The molecule has 0 aromatic carbocycles. The van der Waals surface area contributed by atoms with Crippen molar-refractivity contribution in [3.63, 3.8) is 0 Å². The van der Waals surface area contributed by atoms with Crippen LogP contribution in [0.1, 0.15) is 24.2 Å². The molecule has 4 nitrogen and oxygen atoms in total. The number of carbonyl (C=O) groups is 1. The number of anilines is 1. The van der Waals surface area contributed by atoms with E-state index in [9.17, 15) is 9.90 Å². The van der Waals surface area contributed by atoms with Gasteiger partial charge in [-0.05, 0) is 13.8 Å². The zero-order chi connectivity index (χ0) is 12.5. The third-order valence-electron chi connectivity index (χ3n) is 1.69. The van der Waals surface area contributed by atoms with Gasteiger partial charge in [0.25, 0.3) is 0 Å². The molecule has 1 aromatic rings. The lowest BCUT2D eigenvalue weighted by Crippen LogP contribution is -2.26. The maximum Gasteiger partial charge on any atom is 0.151 e. The third-order valence-corrected chi connectivity index (χ3v) is 2.70. The molecule has 1 N–H and O–H groups in total. The minimum absolute atomic E-state index is 0.0129. The lowest BCUT2D eigenvalue weighted by molar-refractivity contribution is -0.254. The van der Waals surface area contributed by atoms with Crippen molar-refractivity contribution >= 4 is 46.5 Å². The maximum atomic E-state index is 10.9. The van der Waals surface area contributed by atoms with Crippen molar-refractivity contribution in [2.75, 3.05) is 5.32 Å². The first-order valence-corrected chi connectivity index (χ1v) is 5.50. The molecule has 0 radical (unpaired) electrons. The summed E-state index contributed by atoms with van der Waals surface area (Å²) in [6.45, 7) is 3.63. The minimum atomic E-state index is -1.46. The second-order valence-corrected chi connectivity index (χ2v) is 4.44. The van der Waals surface area contributed by atoms with Gasteiger partial charge in [-0.1, -0.05) is 34.8 Å². The molecule has 1 heterocycles. The number of hydrogen-bond acceptors (Lipinski definition) is 4. The summed E-state index contributed by atoms with van der Waals surface area (Å²) in [7, 11) is 0. The Morgan fingerprint density at radius 2 is 1.88 bits per heavy atom. The molecule has 16 heavy (non-hydrogen) atoms. The molecule has 0 atom stereocenters. The molecule has 1 rings (SSSR count). The lowest BCUT2D eigenvalue weighted by atomic mass is 10.2. The molecule has 88 valence electrons. The number of halogens is 3. The van der Waals surface area contributed by atoms with Gasteiger partial charge in [-0.2, -0.15) is 0 Å². The Kier molecular flexibility index (Phi) is 4.24. The normalized spacial score (nSPS) is 10.6. The van der Waals surface area contributed by atoms with Gasteiger partial charge >= 0.3 is 0 Å². The Labute approximate surface area is 108 Å². The van der Waals surface area contributed by atoms with Crippen molar-refractivity contribution in [2.45, 2.75) is 19.9 Å². The molecule has 1 aromatic heterocycles. The molecular formula is C9H8Cl3N2O2-. The van der Waals surface area contributed by atoms with Crippen LogP contribution < -0.4 is 10.4 Å². The first kappa shape index (κ1) is 13.4. The molecule has 0 spiro atoms. The number of aromatic nitrogens is 1. The minimum Gasteiger partial charge on any atom is -0.545 e. The summed E-state index contributed by atoms with van der Waals surface area (Å²) in [4.78, 5) is 14.5. The van der Waals surface area contributed by atoms with Gasteiger partial charge in [0.2, 0.25) is 0 Å². The average Bonchev–Trinajstić information content (AvgIpc) is 2.12. The molecule has 0 aliphatic carbocycles. The van der Waals surface area contributed by atoms with Gasteiger partial charge in [-0.25, -0.2) is 4.98 Å². The van der Waals surface area contributed by atoms with Crippen LogP contribution in [0.25, 0.3) is 0 Å². The smallest absolute Gasteiger partial charge is 0.151 e. The summed E-state index contributed by atoms with van der Waals surface area (Å²) in [5.41, 5.74) is -0.161. The Morgan fingerprint density at radius 3 is 2.31 bits per heavy atom. The molecule has 0 amide bonds. The molecule has 0 saturated carbocycles. The lowest BCUT2D eigenvalue weighted by Gasteiger charge is -2.18. The van der Waals surface area contributed by atoms with Crippen LogP contribution in [-0.2, 0) is 0 Å². The number of aromatic carboxylic acids is 1. The fraction of sp³-hybridized carbons (Fsp3) is 0.333. The predicted octanol–water partition coefficient (Wildman–Crippen LogP) is 2.23. The molecule has 0 bridgehead atoms. The number of nitrogens with zero attached hydrogens (tertiary/aromatic N) is 1. The van der Waals surface area contributed by atoms with Gasteiger partial charge in [0.1, 0.15) is 10.2 Å². The Morgan fingerprint density at radius 1 is 1.31 bits per heavy atom. The molecule has 0 unspecified atom stereocenters.